The van der Waals surface area contributed by atoms with Gasteiger partial charge in [-0.25, -0.2) is 0 Å². The summed E-state index contributed by atoms with van der Waals surface area (Å²) >= 11 is 0. The van der Waals surface area contributed by atoms with Crippen LogP contribution in [0.5, 0.6) is 11.5 Å². The molecule has 2 aliphatic rings. The minimum absolute atomic E-state index is 0.0723. The number of benzene rings is 3. The molecular weight excluding hydrogens is 420 g/mol. The summed E-state index contributed by atoms with van der Waals surface area (Å²) in [5.74, 6) is 0.688. The Morgan fingerprint density at radius 3 is 2.33 bits per heavy atom. The van der Waals surface area contributed by atoms with Crippen molar-refractivity contribution in [2.45, 2.75) is 18.9 Å². The van der Waals surface area contributed by atoms with Gasteiger partial charge in [0.2, 0.25) is 5.91 Å². The molecule has 0 aliphatic carbocycles. The summed E-state index contributed by atoms with van der Waals surface area (Å²) < 4.78 is 11.6. The number of imide groups is 1. The molecule has 3 aromatic carbocycles. The predicted octanol–water partition coefficient (Wildman–Crippen LogP) is 3.51. The highest BCUT2D eigenvalue weighted by Crippen LogP contribution is 2.31. The fraction of sp³-hybridized carbons (Fsp3) is 0.269. The van der Waals surface area contributed by atoms with Gasteiger partial charge >= 0.3 is 0 Å². The summed E-state index contributed by atoms with van der Waals surface area (Å²) in [5, 5.41) is 1.58. The van der Waals surface area contributed by atoms with Crippen LogP contribution in [0.25, 0.3) is 10.8 Å². The summed E-state index contributed by atoms with van der Waals surface area (Å²) in [6.45, 7) is 0.957. The van der Waals surface area contributed by atoms with E-state index in [4.69, 9.17) is 9.47 Å². The Labute approximate surface area is 191 Å². The monoisotopic (exact) mass is 444 g/mol. The van der Waals surface area contributed by atoms with E-state index in [0.717, 1.165) is 5.39 Å². The number of rotatable bonds is 6. The SMILES string of the molecule is CN(CC1COc2ccccc2O1)C(=O)CCCN1C(=O)c2cccc3cccc(c23)C1=O. The van der Waals surface area contributed by atoms with Gasteiger partial charge in [0.1, 0.15) is 6.61 Å². The first-order valence-electron chi connectivity index (χ1n) is 11.0. The average molecular weight is 444 g/mol. The van der Waals surface area contributed by atoms with E-state index in [1.165, 1.54) is 4.90 Å². The normalized spacial score (nSPS) is 16.8. The smallest absolute Gasteiger partial charge is 0.261 e. The number of nitrogens with zero attached hydrogens (tertiary/aromatic N) is 2. The zero-order valence-electron chi connectivity index (χ0n) is 18.3. The lowest BCUT2D eigenvalue weighted by Crippen LogP contribution is -2.43. The Bertz CT molecular complexity index is 1200. The molecule has 0 saturated carbocycles. The van der Waals surface area contributed by atoms with Crippen LogP contribution in [0.15, 0.2) is 60.7 Å². The lowest BCUT2D eigenvalue weighted by Gasteiger charge is -2.30. The number of amides is 3. The Morgan fingerprint density at radius 1 is 0.970 bits per heavy atom. The van der Waals surface area contributed by atoms with E-state index in [9.17, 15) is 14.4 Å². The molecule has 168 valence electrons. The first-order chi connectivity index (χ1) is 16.0. The van der Waals surface area contributed by atoms with E-state index in [0.29, 0.717) is 47.6 Å². The van der Waals surface area contributed by atoms with Crippen molar-refractivity contribution >= 4 is 28.5 Å². The van der Waals surface area contributed by atoms with Crippen LogP contribution in [-0.2, 0) is 4.79 Å². The van der Waals surface area contributed by atoms with Gasteiger partial charge in [-0.3, -0.25) is 19.3 Å². The van der Waals surface area contributed by atoms with Crippen LogP contribution in [0, 0.1) is 0 Å². The van der Waals surface area contributed by atoms with E-state index >= 15 is 0 Å². The molecule has 0 radical (unpaired) electrons. The number of carbonyl (C=O) groups excluding carboxylic acids is 3. The van der Waals surface area contributed by atoms with E-state index in [1.54, 1.807) is 24.1 Å². The van der Waals surface area contributed by atoms with Gasteiger partial charge in [-0.15, -0.1) is 0 Å². The number of para-hydroxylation sites is 2. The van der Waals surface area contributed by atoms with Crippen LogP contribution in [0.2, 0.25) is 0 Å². The van der Waals surface area contributed by atoms with Crippen molar-refractivity contribution in [2.75, 3.05) is 26.7 Å². The number of carbonyl (C=O) groups is 3. The topological polar surface area (TPSA) is 76.2 Å². The van der Waals surface area contributed by atoms with Crippen LogP contribution in [-0.4, -0.2) is 60.4 Å². The molecule has 7 heteroatoms. The zero-order valence-corrected chi connectivity index (χ0v) is 18.3. The third-order valence-electron chi connectivity index (χ3n) is 6.10. The maximum absolute atomic E-state index is 13.0. The van der Waals surface area contributed by atoms with Gasteiger partial charge in [0.05, 0.1) is 6.54 Å². The molecule has 7 nitrogen and oxygen atoms in total. The van der Waals surface area contributed by atoms with Gasteiger partial charge in [0.15, 0.2) is 17.6 Å². The number of likely N-dealkylation sites (N-methyl/N-ethyl adjacent to an activating group) is 1. The van der Waals surface area contributed by atoms with Crippen molar-refractivity contribution in [3.63, 3.8) is 0 Å². The summed E-state index contributed by atoms with van der Waals surface area (Å²) in [4.78, 5) is 41.5. The van der Waals surface area contributed by atoms with Crippen molar-refractivity contribution in [2.24, 2.45) is 0 Å². The van der Waals surface area contributed by atoms with E-state index < -0.39 is 0 Å². The van der Waals surface area contributed by atoms with Gasteiger partial charge in [-0.05, 0) is 36.1 Å². The quantitative estimate of drug-likeness (QED) is 0.544. The number of fused-ring (bicyclic) bond motifs is 1. The molecule has 3 amide bonds. The molecule has 0 bridgehead atoms. The second-order valence-corrected chi connectivity index (χ2v) is 8.35. The van der Waals surface area contributed by atoms with Gasteiger partial charge in [0, 0.05) is 36.5 Å². The van der Waals surface area contributed by atoms with Crippen molar-refractivity contribution in [1.29, 1.82) is 0 Å². The number of ether oxygens (including phenoxy) is 2. The summed E-state index contributed by atoms with van der Waals surface area (Å²) in [7, 11) is 1.72. The molecule has 1 atom stereocenters. The van der Waals surface area contributed by atoms with Crippen molar-refractivity contribution in [3.05, 3.63) is 71.8 Å². The van der Waals surface area contributed by atoms with Gasteiger partial charge in [-0.2, -0.15) is 0 Å². The highest BCUT2D eigenvalue weighted by molar-refractivity contribution is 6.25. The second-order valence-electron chi connectivity index (χ2n) is 8.35. The molecule has 2 heterocycles. The Kier molecular flexibility index (Phi) is 5.46. The van der Waals surface area contributed by atoms with Crippen LogP contribution < -0.4 is 9.47 Å². The molecule has 2 aliphatic heterocycles. The standard InChI is InChI=1S/C26H24N2O5/c1-27(15-18-16-32-21-11-2-3-12-22(21)33-18)23(29)13-6-14-28-25(30)19-9-4-7-17-8-5-10-20(24(17)19)26(28)31/h2-5,7-12,18H,6,13-16H2,1H3. The third-order valence-corrected chi connectivity index (χ3v) is 6.10. The minimum Gasteiger partial charge on any atom is -0.486 e. The Hall–Kier alpha value is -3.87. The number of hydrogen-bond donors (Lipinski definition) is 0. The van der Waals surface area contributed by atoms with Gasteiger partial charge < -0.3 is 14.4 Å². The highest BCUT2D eigenvalue weighted by atomic mass is 16.6. The third kappa shape index (κ3) is 3.91. The lowest BCUT2D eigenvalue weighted by molar-refractivity contribution is -0.131. The molecule has 0 spiro atoms. The Morgan fingerprint density at radius 2 is 1.64 bits per heavy atom. The fourth-order valence-electron chi connectivity index (χ4n) is 4.42. The minimum atomic E-state index is -0.309. The maximum Gasteiger partial charge on any atom is 0.261 e. The molecule has 33 heavy (non-hydrogen) atoms. The van der Waals surface area contributed by atoms with Gasteiger partial charge in [-0.1, -0.05) is 36.4 Å². The molecule has 0 aromatic heterocycles. The van der Waals surface area contributed by atoms with Crippen LogP contribution in [0.1, 0.15) is 33.6 Å². The maximum atomic E-state index is 13.0. The molecular formula is C26H24N2O5. The largest absolute Gasteiger partial charge is 0.486 e. The fourth-order valence-corrected chi connectivity index (χ4v) is 4.42. The zero-order chi connectivity index (χ0) is 22.9. The molecule has 0 fully saturated rings. The van der Waals surface area contributed by atoms with Crippen molar-refractivity contribution < 1.29 is 23.9 Å². The van der Waals surface area contributed by atoms with Crippen LogP contribution in [0.3, 0.4) is 0 Å². The molecule has 0 N–H and O–H groups in total. The van der Waals surface area contributed by atoms with Crippen LogP contribution in [0.4, 0.5) is 0 Å². The molecule has 3 aromatic rings. The predicted molar refractivity (Wildman–Crippen MR) is 123 cm³/mol. The lowest BCUT2D eigenvalue weighted by atomic mass is 9.94. The molecule has 1 unspecified atom stereocenters. The Balaban J connectivity index is 1.17. The van der Waals surface area contributed by atoms with E-state index in [2.05, 4.69) is 0 Å². The summed E-state index contributed by atoms with van der Waals surface area (Å²) in [5.41, 5.74) is 1.06. The highest BCUT2D eigenvalue weighted by Gasteiger charge is 2.32. The van der Waals surface area contributed by atoms with Crippen molar-refractivity contribution in [3.8, 4) is 11.5 Å². The molecule has 0 saturated heterocycles. The summed E-state index contributed by atoms with van der Waals surface area (Å²) in [6, 6.07) is 18.4. The first kappa shape index (κ1) is 21.0. The first-order valence-corrected chi connectivity index (χ1v) is 11.0. The van der Waals surface area contributed by atoms with Gasteiger partial charge in [0.25, 0.3) is 11.8 Å². The summed E-state index contributed by atoms with van der Waals surface area (Å²) in [6.07, 6.45) is 0.365. The second kappa shape index (κ2) is 8.58. The van der Waals surface area contributed by atoms with E-state index in [1.807, 2.05) is 48.5 Å². The van der Waals surface area contributed by atoms with E-state index in [-0.39, 0.29) is 36.8 Å². The average Bonchev–Trinajstić information content (AvgIpc) is 2.84. The number of hydrogen-bond acceptors (Lipinski definition) is 5. The van der Waals surface area contributed by atoms with Crippen LogP contribution >= 0.6 is 0 Å². The van der Waals surface area contributed by atoms with Crippen molar-refractivity contribution in [1.82, 2.24) is 9.80 Å². The molecule has 5 rings (SSSR count).